The van der Waals surface area contributed by atoms with Gasteiger partial charge in [0.15, 0.2) is 0 Å². The van der Waals surface area contributed by atoms with Crippen molar-refractivity contribution in [2.45, 2.75) is 70.4 Å². The first kappa shape index (κ1) is 26.6. The van der Waals surface area contributed by atoms with Crippen LogP contribution in [0.5, 0.6) is 0 Å². The van der Waals surface area contributed by atoms with Crippen LogP contribution >= 0.6 is 0 Å². The minimum absolute atomic E-state index is 0.0726. The van der Waals surface area contributed by atoms with Gasteiger partial charge in [-0.25, -0.2) is 4.79 Å². The normalized spacial score (nSPS) is 17.0. The smallest absolute Gasteiger partial charge is 0.319 e. The van der Waals surface area contributed by atoms with Crippen LogP contribution in [0, 0.1) is 5.41 Å². The fourth-order valence-electron chi connectivity index (χ4n) is 3.74. The Balaban J connectivity index is 2.18. The second-order valence-electron chi connectivity index (χ2n) is 10.3. The zero-order valence-electron chi connectivity index (χ0n) is 20.9. The molecule has 1 aromatic rings. The Bertz CT molecular complexity index is 941. The third kappa shape index (κ3) is 5.14. The Morgan fingerprint density at radius 1 is 1.27 bits per heavy atom. The molecule has 1 heterocycles. The minimum Gasteiger partial charge on any atom is -0.400 e. The Labute approximate surface area is 198 Å². The van der Waals surface area contributed by atoms with Crippen molar-refractivity contribution >= 4 is 25.8 Å². The number of nitrogens with two attached hydrogens (primary N) is 1. The first-order valence-corrected chi connectivity index (χ1v) is 14.5. The van der Waals surface area contributed by atoms with E-state index in [1.54, 1.807) is 13.8 Å². The van der Waals surface area contributed by atoms with Crippen molar-refractivity contribution in [2.24, 2.45) is 5.73 Å². The van der Waals surface area contributed by atoms with Crippen LogP contribution in [0.15, 0.2) is 41.6 Å². The number of nitrogens with zero attached hydrogens (tertiary/aromatic N) is 1. The minimum atomic E-state index is -1.86. The highest BCUT2D eigenvalue weighted by molar-refractivity contribution is 6.83. The van der Waals surface area contributed by atoms with Crippen molar-refractivity contribution in [3.8, 4) is 0 Å². The molecule has 1 aromatic carbocycles. The van der Waals surface area contributed by atoms with E-state index in [2.05, 4.69) is 30.7 Å². The van der Waals surface area contributed by atoms with Crippen LogP contribution in [-0.4, -0.2) is 54.5 Å². The first-order chi connectivity index (χ1) is 15.2. The van der Waals surface area contributed by atoms with E-state index in [0.29, 0.717) is 11.3 Å². The predicted molar refractivity (Wildman–Crippen MR) is 135 cm³/mol. The molecule has 0 fully saturated rings. The third-order valence-electron chi connectivity index (χ3n) is 7.59. The molecule has 1 aliphatic heterocycles. The number of rotatable bonds is 7. The maximum atomic E-state index is 13.1. The summed E-state index contributed by atoms with van der Waals surface area (Å²) in [4.78, 5) is 27.7. The van der Waals surface area contributed by atoms with Crippen molar-refractivity contribution in [2.75, 3.05) is 13.2 Å². The molecule has 1 atom stereocenters. The van der Waals surface area contributed by atoms with Crippen LogP contribution in [0.4, 0.5) is 4.79 Å². The van der Waals surface area contributed by atoms with Crippen LogP contribution < -0.4 is 16.4 Å². The van der Waals surface area contributed by atoms with Gasteiger partial charge in [0.05, 0.1) is 32.8 Å². The van der Waals surface area contributed by atoms with E-state index in [0.717, 1.165) is 11.6 Å². The molecule has 1 aliphatic rings. The number of aliphatic hydroxyl groups is 1. The molecule has 182 valence electrons. The van der Waals surface area contributed by atoms with Crippen molar-refractivity contribution < 1.29 is 14.7 Å². The second-order valence-corrected chi connectivity index (χ2v) is 16.0. The molecule has 9 heteroatoms. The lowest BCUT2D eigenvalue weighted by atomic mass is 10.00. The van der Waals surface area contributed by atoms with E-state index in [1.165, 1.54) is 4.90 Å². The summed E-state index contributed by atoms with van der Waals surface area (Å²) in [6, 6.07) is 9.20. The first-order valence-electron chi connectivity index (χ1n) is 11.3. The monoisotopic (exact) mass is 473 g/mol. The number of hydrogen-bond acceptors (Lipinski definition) is 5. The van der Waals surface area contributed by atoms with Crippen molar-refractivity contribution in [3.63, 3.8) is 0 Å². The number of hydrogen-bond donors (Lipinski definition) is 5. The molecule has 0 spiro atoms. The fraction of sp³-hybridized carbons (Fsp3) is 0.542. The Morgan fingerprint density at radius 3 is 2.36 bits per heavy atom. The molecule has 0 aromatic heterocycles. The van der Waals surface area contributed by atoms with Crippen LogP contribution in [0.3, 0.4) is 0 Å². The summed E-state index contributed by atoms with van der Waals surface area (Å²) in [6.07, 6.45) is 0. The van der Waals surface area contributed by atoms with Crippen molar-refractivity contribution in [1.29, 1.82) is 5.41 Å². The lowest BCUT2D eigenvalue weighted by molar-refractivity contribution is -0.122. The quantitative estimate of drug-likeness (QED) is 0.236. The lowest BCUT2D eigenvalue weighted by Gasteiger charge is -2.38. The van der Waals surface area contributed by atoms with Gasteiger partial charge in [0.25, 0.3) is 0 Å². The molecule has 0 radical (unpaired) electrons. The molecular weight excluding hydrogens is 434 g/mol. The van der Waals surface area contributed by atoms with Crippen LogP contribution in [0.1, 0.15) is 46.2 Å². The SMILES string of the molecule is CC[Si](C)(C)C(C)(C)C(=O)NC(=N)C1=C(N)C(C)(C)N(C(=O)N[C@H](CO)c2ccccc2)C1. The zero-order valence-corrected chi connectivity index (χ0v) is 21.9. The lowest BCUT2D eigenvalue weighted by Crippen LogP contribution is -2.52. The second kappa shape index (κ2) is 9.68. The molecule has 0 saturated heterocycles. The van der Waals surface area contributed by atoms with E-state index in [-0.39, 0.29) is 24.9 Å². The number of nitrogens with one attached hydrogen (secondary N) is 3. The van der Waals surface area contributed by atoms with E-state index >= 15 is 0 Å². The fourth-order valence-corrected chi connectivity index (χ4v) is 5.30. The van der Waals surface area contributed by atoms with E-state index in [1.807, 2.05) is 44.2 Å². The molecule has 0 saturated carbocycles. The zero-order chi connectivity index (χ0) is 25.2. The van der Waals surface area contributed by atoms with Crippen LogP contribution in [-0.2, 0) is 4.79 Å². The van der Waals surface area contributed by atoms with E-state index < -0.39 is 30.7 Å². The number of urea groups is 1. The summed E-state index contributed by atoms with van der Waals surface area (Å²) < 4.78 is 0. The van der Waals surface area contributed by atoms with Gasteiger partial charge in [-0.3, -0.25) is 10.2 Å². The summed E-state index contributed by atoms with van der Waals surface area (Å²) in [7, 11) is -1.86. The summed E-state index contributed by atoms with van der Waals surface area (Å²) >= 11 is 0. The molecule has 0 unspecified atom stereocenters. The molecule has 3 amide bonds. The average Bonchev–Trinajstić information content (AvgIpc) is 3.01. The van der Waals surface area contributed by atoms with Gasteiger partial charge in [0, 0.05) is 16.3 Å². The summed E-state index contributed by atoms with van der Waals surface area (Å²) in [5, 5.41) is 23.4. The van der Waals surface area contributed by atoms with E-state index in [4.69, 9.17) is 11.1 Å². The third-order valence-corrected chi connectivity index (χ3v) is 13.0. The largest absolute Gasteiger partial charge is 0.400 e. The average molecular weight is 474 g/mol. The van der Waals surface area contributed by atoms with Gasteiger partial charge in [-0.2, -0.15) is 0 Å². The highest BCUT2D eigenvalue weighted by atomic mass is 28.3. The molecule has 8 nitrogen and oxygen atoms in total. The molecule has 2 rings (SSSR count). The Morgan fingerprint density at radius 2 is 1.85 bits per heavy atom. The topological polar surface area (TPSA) is 132 Å². The predicted octanol–water partition coefficient (Wildman–Crippen LogP) is 3.34. The molecule has 0 aliphatic carbocycles. The maximum Gasteiger partial charge on any atom is 0.319 e. The number of amidine groups is 1. The Kier molecular flexibility index (Phi) is 7.81. The van der Waals surface area contributed by atoms with Crippen molar-refractivity contribution in [1.82, 2.24) is 15.5 Å². The van der Waals surface area contributed by atoms with Crippen molar-refractivity contribution in [3.05, 3.63) is 47.2 Å². The van der Waals surface area contributed by atoms with Crippen LogP contribution in [0.2, 0.25) is 24.2 Å². The van der Waals surface area contributed by atoms with Gasteiger partial charge in [0.2, 0.25) is 5.91 Å². The van der Waals surface area contributed by atoms with Gasteiger partial charge in [0.1, 0.15) is 5.84 Å². The summed E-state index contributed by atoms with van der Waals surface area (Å²) in [5.41, 5.74) is 7.10. The number of amides is 3. The van der Waals surface area contributed by atoms with E-state index in [9.17, 15) is 14.7 Å². The summed E-state index contributed by atoms with van der Waals surface area (Å²) in [6.45, 7) is 13.7. The van der Waals surface area contributed by atoms with Gasteiger partial charge in [-0.05, 0) is 19.4 Å². The maximum absolute atomic E-state index is 13.1. The molecular formula is C24H39N5O3Si. The number of benzene rings is 1. The molecule has 6 N–H and O–H groups in total. The summed E-state index contributed by atoms with van der Waals surface area (Å²) in [5.74, 6) is -0.270. The Hall–Kier alpha value is -2.65. The van der Waals surface area contributed by atoms with Crippen LogP contribution in [0.25, 0.3) is 0 Å². The highest BCUT2D eigenvalue weighted by Gasteiger charge is 2.46. The van der Waals surface area contributed by atoms with Gasteiger partial charge in [-0.1, -0.05) is 70.2 Å². The highest BCUT2D eigenvalue weighted by Crippen LogP contribution is 2.40. The van der Waals surface area contributed by atoms with Gasteiger partial charge < -0.3 is 26.4 Å². The van der Waals surface area contributed by atoms with Gasteiger partial charge >= 0.3 is 6.03 Å². The standard InChI is InChI=1S/C24H39N5O3Si/c1-8-33(6,7)24(4,5)21(31)28-20(26)17-14-29(23(2,3)19(17)25)22(32)27-18(15-30)16-12-10-9-11-13-16/h9-13,18,30H,8,14-15,25H2,1-7H3,(H,27,32)(H2,26,28,31)/t18-/m1/s1. The number of carbonyl (C=O) groups is 2. The van der Waals surface area contributed by atoms with Gasteiger partial charge in [-0.15, -0.1) is 0 Å². The number of aliphatic hydroxyl groups excluding tert-OH is 1. The number of carbonyl (C=O) groups excluding carboxylic acids is 2. The molecule has 33 heavy (non-hydrogen) atoms. The molecule has 0 bridgehead atoms.